The Morgan fingerprint density at radius 2 is 2.07 bits per heavy atom. The Balaban J connectivity index is 1.48. The minimum atomic E-state index is -0.416. The molecule has 3 heterocycles. The zero-order valence-electron chi connectivity index (χ0n) is 16.6. The molecule has 0 spiro atoms. The number of carbonyl (C=O) groups is 1. The minimum absolute atomic E-state index is 0.256. The van der Waals surface area contributed by atoms with E-state index in [9.17, 15) is 9.59 Å². The average molecular weight is 427 g/mol. The number of rotatable bonds is 5. The monoisotopic (exact) mass is 426 g/mol. The highest BCUT2D eigenvalue weighted by Gasteiger charge is 2.17. The Bertz CT molecular complexity index is 1330. The van der Waals surface area contributed by atoms with Gasteiger partial charge in [0.15, 0.2) is 18.1 Å². The predicted octanol–water partition coefficient (Wildman–Crippen LogP) is 3.36. The lowest BCUT2D eigenvalue weighted by Crippen LogP contribution is -2.32. The summed E-state index contributed by atoms with van der Waals surface area (Å²) in [5.41, 5.74) is 1.95. The van der Waals surface area contributed by atoms with Gasteiger partial charge in [0.2, 0.25) is 0 Å². The summed E-state index contributed by atoms with van der Waals surface area (Å²) in [5.74, 6) is 0.509. The lowest BCUT2D eigenvalue weighted by molar-refractivity contribution is -0.123. The van der Waals surface area contributed by atoms with Gasteiger partial charge >= 0.3 is 5.63 Å². The van der Waals surface area contributed by atoms with Crippen molar-refractivity contribution in [1.29, 1.82) is 0 Å². The van der Waals surface area contributed by atoms with Crippen molar-refractivity contribution in [3.05, 3.63) is 68.9 Å². The third kappa shape index (κ3) is 3.61. The van der Waals surface area contributed by atoms with Gasteiger partial charge in [-0.2, -0.15) is 0 Å². The van der Waals surface area contributed by atoms with Gasteiger partial charge in [-0.1, -0.05) is 17.7 Å². The standard InChI is InChI=1S/C21H19ClN4O4/c1-11-12(2)21(28)30-16-9-17(15(22)8-14(11)16)29-10-19(27)23-13(3)20-25-24-18-6-4-5-7-26(18)20/h4-9,13H,10H2,1-3H3,(H,23,27)/t13-/m0/s1. The second-order valence-corrected chi connectivity index (χ2v) is 7.39. The molecule has 4 rings (SSSR count). The summed E-state index contributed by atoms with van der Waals surface area (Å²) >= 11 is 6.30. The molecule has 1 amide bonds. The fourth-order valence-corrected chi connectivity index (χ4v) is 3.42. The van der Waals surface area contributed by atoms with Gasteiger partial charge in [-0.15, -0.1) is 10.2 Å². The number of halogens is 1. The highest BCUT2D eigenvalue weighted by atomic mass is 35.5. The minimum Gasteiger partial charge on any atom is -0.482 e. The van der Waals surface area contributed by atoms with E-state index in [1.807, 2.05) is 38.2 Å². The van der Waals surface area contributed by atoms with E-state index in [2.05, 4.69) is 15.5 Å². The lowest BCUT2D eigenvalue weighted by Gasteiger charge is -2.14. The molecule has 30 heavy (non-hydrogen) atoms. The first kappa shape index (κ1) is 19.9. The maximum absolute atomic E-state index is 12.4. The van der Waals surface area contributed by atoms with E-state index in [-0.39, 0.29) is 24.3 Å². The highest BCUT2D eigenvalue weighted by molar-refractivity contribution is 6.32. The summed E-state index contributed by atoms with van der Waals surface area (Å²) in [6, 6.07) is 8.37. The molecule has 4 aromatic rings. The Kier molecular flexibility index (Phi) is 5.17. The molecule has 0 saturated heterocycles. The zero-order chi connectivity index (χ0) is 21.4. The molecule has 0 saturated carbocycles. The van der Waals surface area contributed by atoms with Gasteiger partial charge in [0.1, 0.15) is 11.3 Å². The van der Waals surface area contributed by atoms with E-state index in [0.717, 1.165) is 10.9 Å². The average Bonchev–Trinajstić information content (AvgIpc) is 3.16. The molecule has 1 N–H and O–H groups in total. The quantitative estimate of drug-likeness (QED) is 0.491. The predicted molar refractivity (Wildman–Crippen MR) is 112 cm³/mol. The van der Waals surface area contributed by atoms with E-state index < -0.39 is 5.63 Å². The largest absolute Gasteiger partial charge is 0.482 e. The number of pyridine rings is 1. The maximum atomic E-state index is 12.4. The zero-order valence-corrected chi connectivity index (χ0v) is 17.4. The number of ether oxygens (including phenoxy) is 1. The number of carbonyl (C=O) groups excluding carboxylic acids is 1. The van der Waals surface area contributed by atoms with Crippen LogP contribution in [0, 0.1) is 13.8 Å². The van der Waals surface area contributed by atoms with E-state index in [4.69, 9.17) is 20.8 Å². The number of nitrogens with one attached hydrogen (secondary N) is 1. The Morgan fingerprint density at radius 1 is 1.27 bits per heavy atom. The van der Waals surface area contributed by atoms with E-state index in [1.54, 1.807) is 17.4 Å². The van der Waals surface area contributed by atoms with Crippen LogP contribution in [0.5, 0.6) is 5.75 Å². The summed E-state index contributed by atoms with van der Waals surface area (Å²) in [6.07, 6.45) is 1.83. The van der Waals surface area contributed by atoms with Crippen molar-refractivity contribution in [2.45, 2.75) is 26.8 Å². The van der Waals surface area contributed by atoms with Crippen LogP contribution in [-0.4, -0.2) is 27.1 Å². The fourth-order valence-electron chi connectivity index (χ4n) is 3.20. The van der Waals surface area contributed by atoms with Gasteiger partial charge in [-0.3, -0.25) is 9.20 Å². The SMILES string of the molecule is Cc1c(C)c2cc(Cl)c(OCC(=O)N[C@@H](C)c3nnc4ccccn34)cc2oc1=O. The molecule has 0 radical (unpaired) electrons. The first-order valence-electron chi connectivity index (χ1n) is 9.30. The number of benzene rings is 1. The summed E-state index contributed by atoms with van der Waals surface area (Å²) in [4.78, 5) is 24.3. The molecular weight excluding hydrogens is 408 g/mol. The Hall–Kier alpha value is -3.39. The summed E-state index contributed by atoms with van der Waals surface area (Å²) < 4.78 is 12.7. The molecule has 0 aliphatic heterocycles. The molecule has 0 fully saturated rings. The Labute approximate surface area is 176 Å². The van der Waals surface area contributed by atoms with Crippen molar-refractivity contribution in [3.8, 4) is 5.75 Å². The molecule has 0 unspecified atom stereocenters. The number of nitrogens with zero attached hydrogens (tertiary/aromatic N) is 3. The topological polar surface area (TPSA) is 98.7 Å². The van der Waals surface area contributed by atoms with Crippen molar-refractivity contribution < 1.29 is 13.9 Å². The highest BCUT2D eigenvalue weighted by Crippen LogP contribution is 2.31. The van der Waals surface area contributed by atoms with Crippen LogP contribution in [0.2, 0.25) is 5.02 Å². The van der Waals surface area contributed by atoms with Gasteiger partial charge in [0, 0.05) is 23.2 Å². The van der Waals surface area contributed by atoms with Gasteiger partial charge in [-0.05, 0) is 44.5 Å². The smallest absolute Gasteiger partial charge is 0.339 e. The van der Waals surface area contributed by atoms with E-state index in [1.165, 1.54) is 6.07 Å². The molecule has 0 bridgehead atoms. The molecule has 1 atom stereocenters. The van der Waals surface area contributed by atoms with Crippen LogP contribution in [0.1, 0.15) is 29.9 Å². The lowest BCUT2D eigenvalue weighted by atomic mass is 10.1. The number of fused-ring (bicyclic) bond motifs is 2. The molecule has 0 aliphatic carbocycles. The molecule has 0 aliphatic rings. The molecule has 3 aromatic heterocycles. The number of aryl methyl sites for hydroxylation is 1. The summed E-state index contributed by atoms with van der Waals surface area (Å²) in [6.45, 7) is 5.07. The number of amides is 1. The fraction of sp³-hybridized carbons (Fsp3) is 0.238. The molecule has 154 valence electrons. The number of hydrogen-bond donors (Lipinski definition) is 1. The number of aromatic nitrogens is 3. The third-order valence-electron chi connectivity index (χ3n) is 4.97. The summed E-state index contributed by atoms with van der Waals surface area (Å²) in [5, 5.41) is 12.1. The molecular formula is C21H19ClN4O4. The van der Waals surface area contributed by atoms with Gasteiger partial charge in [0.25, 0.3) is 5.91 Å². The molecule has 1 aromatic carbocycles. The van der Waals surface area contributed by atoms with E-state index >= 15 is 0 Å². The van der Waals surface area contributed by atoms with Crippen LogP contribution < -0.4 is 15.7 Å². The van der Waals surface area contributed by atoms with Gasteiger partial charge in [-0.25, -0.2) is 4.79 Å². The van der Waals surface area contributed by atoms with Crippen LogP contribution in [0.25, 0.3) is 16.6 Å². The second-order valence-electron chi connectivity index (χ2n) is 6.98. The van der Waals surface area contributed by atoms with Crippen molar-refractivity contribution in [2.75, 3.05) is 6.61 Å². The van der Waals surface area contributed by atoms with Crippen LogP contribution in [0.3, 0.4) is 0 Å². The van der Waals surface area contributed by atoms with Gasteiger partial charge in [0.05, 0.1) is 11.1 Å². The van der Waals surface area contributed by atoms with Crippen LogP contribution in [0.4, 0.5) is 0 Å². The van der Waals surface area contributed by atoms with Crippen LogP contribution in [0.15, 0.2) is 45.7 Å². The van der Waals surface area contributed by atoms with Crippen LogP contribution in [-0.2, 0) is 4.79 Å². The van der Waals surface area contributed by atoms with Crippen molar-refractivity contribution in [1.82, 2.24) is 19.9 Å². The second kappa shape index (κ2) is 7.79. The van der Waals surface area contributed by atoms with E-state index in [0.29, 0.717) is 27.6 Å². The Morgan fingerprint density at radius 3 is 2.87 bits per heavy atom. The first-order chi connectivity index (χ1) is 14.3. The van der Waals surface area contributed by atoms with Crippen molar-refractivity contribution in [3.63, 3.8) is 0 Å². The normalized spacial score (nSPS) is 12.3. The summed E-state index contributed by atoms with van der Waals surface area (Å²) in [7, 11) is 0. The van der Waals surface area contributed by atoms with Crippen LogP contribution >= 0.6 is 11.6 Å². The first-order valence-corrected chi connectivity index (χ1v) is 9.68. The van der Waals surface area contributed by atoms with Crippen molar-refractivity contribution >= 4 is 34.1 Å². The molecule has 9 heteroatoms. The number of hydrogen-bond acceptors (Lipinski definition) is 6. The van der Waals surface area contributed by atoms with Gasteiger partial charge < -0.3 is 14.5 Å². The molecule has 8 nitrogen and oxygen atoms in total. The van der Waals surface area contributed by atoms with Crippen molar-refractivity contribution in [2.24, 2.45) is 0 Å². The maximum Gasteiger partial charge on any atom is 0.339 e. The third-order valence-corrected chi connectivity index (χ3v) is 5.27.